The number of halogens is 2. The molecule has 2 rings (SSSR count). The summed E-state index contributed by atoms with van der Waals surface area (Å²) < 4.78 is 1.03. The maximum Gasteiger partial charge on any atom is 0.0488 e. The molecule has 88 valence electrons. The van der Waals surface area contributed by atoms with Crippen LogP contribution in [0.5, 0.6) is 0 Å². The lowest BCUT2D eigenvalue weighted by atomic mass is 10.2. The van der Waals surface area contributed by atoms with Crippen LogP contribution >= 0.6 is 27.5 Å². The van der Waals surface area contributed by atoms with Crippen molar-refractivity contribution < 1.29 is 0 Å². The van der Waals surface area contributed by atoms with E-state index in [0.717, 1.165) is 21.7 Å². The predicted molar refractivity (Wildman–Crippen MR) is 73.3 cm³/mol. The first kappa shape index (κ1) is 12.2. The van der Waals surface area contributed by atoms with Crippen molar-refractivity contribution in [2.24, 2.45) is 0 Å². The van der Waals surface area contributed by atoms with Crippen molar-refractivity contribution in [1.29, 1.82) is 0 Å². The van der Waals surface area contributed by atoms with Gasteiger partial charge in [0.2, 0.25) is 0 Å². The normalized spacial score (nSPS) is 26.0. The van der Waals surface area contributed by atoms with Crippen LogP contribution in [0.15, 0.2) is 22.7 Å². The summed E-state index contributed by atoms with van der Waals surface area (Å²) in [7, 11) is 2.17. The molecule has 1 aromatic carbocycles. The summed E-state index contributed by atoms with van der Waals surface area (Å²) in [6.45, 7) is 3.36. The van der Waals surface area contributed by atoms with Crippen molar-refractivity contribution in [3.63, 3.8) is 0 Å². The molecule has 0 spiro atoms. The van der Waals surface area contributed by atoms with Crippen LogP contribution < -0.4 is 5.32 Å². The largest absolute Gasteiger partial charge is 0.380 e. The molecule has 1 saturated heterocycles. The molecule has 1 fully saturated rings. The van der Waals surface area contributed by atoms with E-state index in [2.05, 4.69) is 40.1 Å². The lowest BCUT2D eigenvalue weighted by Crippen LogP contribution is -2.24. The Kier molecular flexibility index (Phi) is 3.77. The average Bonchev–Trinajstić information content (AvgIpc) is 2.51. The summed E-state index contributed by atoms with van der Waals surface area (Å²) >= 11 is 9.44. The molecular weight excluding hydrogens is 288 g/mol. The van der Waals surface area contributed by atoms with Crippen molar-refractivity contribution >= 4 is 33.2 Å². The van der Waals surface area contributed by atoms with Crippen molar-refractivity contribution in [3.05, 3.63) is 27.7 Å². The third kappa shape index (κ3) is 2.70. The van der Waals surface area contributed by atoms with Gasteiger partial charge in [0.15, 0.2) is 0 Å². The summed E-state index contributed by atoms with van der Waals surface area (Å²) in [6.07, 6.45) is 1.19. The summed E-state index contributed by atoms with van der Waals surface area (Å²) in [5, 5.41) is 4.31. The molecule has 16 heavy (non-hydrogen) atoms. The maximum atomic E-state index is 5.91. The van der Waals surface area contributed by atoms with E-state index in [0.29, 0.717) is 12.1 Å². The van der Waals surface area contributed by atoms with Crippen LogP contribution in [-0.4, -0.2) is 30.6 Å². The molecule has 0 aromatic heterocycles. The van der Waals surface area contributed by atoms with Crippen LogP contribution in [0.4, 0.5) is 5.69 Å². The molecule has 1 aromatic rings. The Morgan fingerprint density at radius 2 is 2.25 bits per heavy atom. The predicted octanol–water partition coefficient (Wildman–Crippen LogP) is 3.61. The van der Waals surface area contributed by atoms with Gasteiger partial charge in [0.1, 0.15) is 0 Å². The van der Waals surface area contributed by atoms with Crippen LogP contribution in [0, 0.1) is 0 Å². The van der Waals surface area contributed by atoms with Gasteiger partial charge in [-0.1, -0.05) is 11.6 Å². The van der Waals surface area contributed by atoms with Gasteiger partial charge in [0.25, 0.3) is 0 Å². The number of benzene rings is 1. The zero-order valence-electron chi connectivity index (χ0n) is 9.50. The van der Waals surface area contributed by atoms with E-state index in [-0.39, 0.29) is 0 Å². The van der Waals surface area contributed by atoms with E-state index in [4.69, 9.17) is 11.6 Å². The van der Waals surface area contributed by atoms with E-state index < -0.39 is 0 Å². The first-order valence-corrected chi connectivity index (χ1v) is 6.65. The van der Waals surface area contributed by atoms with Crippen molar-refractivity contribution in [1.82, 2.24) is 4.90 Å². The van der Waals surface area contributed by atoms with Gasteiger partial charge in [-0.25, -0.2) is 0 Å². The highest BCUT2D eigenvalue weighted by Gasteiger charge is 2.26. The molecule has 2 unspecified atom stereocenters. The monoisotopic (exact) mass is 302 g/mol. The fourth-order valence-electron chi connectivity index (χ4n) is 2.12. The molecule has 2 atom stereocenters. The van der Waals surface area contributed by atoms with Gasteiger partial charge in [0.05, 0.1) is 0 Å². The lowest BCUT2D eigenvalue weighted by molar-refractivity contribution is 0.330. The molecule has 1 aliphatic rings. The Hall–Kier alpha value is -0.250. The number of nitrogens with zero attached hydrogens (tertiary/aromatic N) is 1. The highest BCUT2D eigenvalue weighted by molar-refractivity contribution is 9.10. The average molecular weight is 304 g/mol. The molecule has 0 aliphatic carbocycles. The van der Waals surface area contributed by atoms with Gasteiger partial charge in [-0.15, -0.1) is 0 Å². The molecular formula is C12H16BrClN2. The van der Waals surface area contributed by atoms with Gasteiger partial charge in [-0.2, -0.15) is 0 Å². The summed E-state index contributed by atoms with van der Waals surface area (Å²) in [4.78, 5) is 2.38. The van der Waals surface area contributed by atoms with Gasteiger partial charge in [-0.3, -0.25) is 0 Å². The van der Waals surface area contributed by atoms with Crippen LogP contribution in [0.2, 0.25) is 5.02 Å². The molecule has 1 aliphatic heterocycles. The minimum absolute atomic E-state index is 0.525. The van der Waals surface area contributed by atoms with E-state index in [1.54, 1.807) is 0 Å². The third-order valence-corrected chi connectivity index (χ3v) is 4.07. The second kappa shape index (κ2) is 4.94. The standard InChI is InChI=1S/C12H16BrClN2/c1-8-5-10(7-16(8)2)15-12-4-3-9(14)6-11(12)13/h3-4,6,8,10,15H,5,7H2,1-2H3. The van der Waals surface area contributed by atoms with Gasteiger partial charge in [0, 0.05) is 33.8 Å². The SMILES string of the molecule is CC1CC(Nc2ccc(Cl)cc2Br)CN1C. The van der Waals surface area contributed by atoms with Crippen LogP contribution in [0.3, 0.4) is 0 Å². The van der Waals surface area contributed by atoms with Crippen LogP contribution in [-0.2, 0) is 0 Å². The molecule has 0 radical (unpaired) electrons. The fraction of sp³-hybridized carbons (Fsp3) is 0.500. The Morgan fingerprint density at radius 3 is 2.81 bits per heavy atom. The smallest absolute Gasteiger partial charge is 0.0488 e. The first-order valence-electron chi connectivity index (χ1n) is 5.48. The third-order valence-electron chi connectivity index (χ3n) is 3.18. The highest BCUT2D eigenvalue weighted by Crippen LogP contribution is 2.28. The summed E-state index contributed by atoms with van der Waals surface area (Å²) in [5.74, 6) is 0. The Bertz CT molecular complexity index is 373. The van der Waals surface area contributed by atoms with Crippen LogP contribution in [0.1, 0.15) is 13.3 Å². The van der Waals surface area contributed by atoms with E-state index in [1.807, 2.05) is 18.2 Å². The number of likely N-dealkylation sites (N-methyl/N-ethyl adjacent to an activating group) is 1. The molecule has 4 heteroatoms. The van der Waals surface area contributed by atoms with Gasteiger partial charge >= 0.3 is 0 Å². The van der Waals surface area contributed by atoms with E-state index >= 15 is 0 Å². The summed E-state index contributed by atoms with van der Waals surface area (Å²) in [6, 6.07) is 7.04. The minimum Gasteiger partial charge on any atom is -0.380 e. The number of nitrogens with one attached hydrogen (secondary N) is 1. The molecule has 1 N–H and O–H groups in total. The molecule has 0 saturated carbocycles. The topological polar surface area (TPSA) is 15.3 Å². The zero-order chi connectivity index (χ0) is 11.7. The molecule has 0 bridgehead atoms. The first-order chi connectivity index (χ1) is 7.56. The number of anilines is 1. The highest BCUT2D eigenvalue weighted by atomic mass is 79.9. The van der Waals surface area contributed by atoms with Gasteiger partial charge < -0.3 is 10.2 Å². The number of hydrogen-bond donors (Lipinski definition) is 1. The minimum atomic E-state index is 0.525. The lowest BCUT2D eigenvalue weighted by Gasteiger charge is -2.15. The molecule has 1 heterocycles. The second-order valence-electron chi connectivity index (χ2n) is 4.49. The molecule has 0 amide bonds. The Balaban J connectivity index is 2.05. The number of rotatable bonds is 2. The Morgan fingerprint density at radius 1 is 1.50 bits per heavy atom. The zero-order valence-corrected chi connectivity index (χ0v) is 11.8. The maximum absolute atomic E-state index is 5.91. The molecule has 2 nitrogen and oxygen atoms in total. The van der Waals surface area contributed by atoms with Crippen molar-refractivity contribution in [2.45, 2.75) is 25.4 Å². The number of hydrogen-bond acceptors (Lipinski definition) is 2. The van der Waals surface area contributed by atoms with E-state index in [9.17, 15) is 0 Å². The fourth-order valence-corrected chi connectivity index (χ4v) is 2.92. The van der Waals surface area contributed by atoms with Crippen LogP contribution in [0.25, 0.3) is 0 Å². The Labute approximate surface area is 110 Å². The summed E-state index contributed by atoms with van der Waals surface area (Å²) in [5.41, 5.74) is 1.12. The second-order valence-corrected chi connectivity index (χ2v) is 5.78. The van der Waals surface area contributed by atoms with Gasteiger partial charge in [-0.05, 0) is 54.5 Å². The van der Waals surface area contributed by atoms with Crippen molar-refractivity contribution in [2.75, 3.05) is 18.9 Å². The quantitative estimate of drug-likeness (QED) is 0.898. The number of likely N-dealkylation sites (tertiary alicyclic amines) is 1. The van der Waals surface area contributed by atoms with E-state index in [1.165, 1.54) is 6.42 Å². The van der Waals surface area contributed by atoms with Crippen molar-refractivity contribution in [3.8, 4) is 0 Å².